The summed E-state index contributed by atoms with van der Waals surface area (Å²) in [6.07, 6.45) is 2.08. The van der Waals surface area contributed by atoms with Gasteiger partial charge >= 0.3 is 0 Å². The fraction of sp³-hybridized carbons (Fsp3) is 0.905. The molecule has 0 heterocycles. The average Bonchev–Trinajstić information content (AvgIpc) is 2.66. The molecular formula is C21H48N6O3. The van der Waals surface area contributed by atoms with E-state index >= 15 is 0 Å². The standard InChI is InChI=1S/C18H37N5O3.C2H6.CH5N/c1-16(2,7-8-21-23-15(25)10-22-26)13-20-14(24)9-17(3,4)11-18(5,6)12-19;2*1-2/h21H,7-13,19H2,1-6H3,(H,20,24)(H,23,25);1-2H3;2H2,1H3. The van der Waals surface area contributed by atoms with E-state index < -0.39 is 12.5 Å². The van der Waals surface area contributed by atoms with Gasteiger partial charge in [-0.25, -0.2) is 5.43 Å². The van der Waals surface area contributed by atoms with Crippen LogP contribution in [-0.2, 0) is 9.59 Å². The quantitative estimate of drug-likeness (QED) is 0.171. The third-order valence-electron chi connectivity index (χ3n) is 4.28. The second kappa shape index (κ2) is 17.1. The molecule has 0 atom stereocenters. The van der Waals surface area contributed by atoms with Crippen molar-refractivity contribution in [2.75, 3.05) is 33.2 Å². The first-order chi connectivity index (χ1) is 13.8. The second-order valence-electron chi connectivity index (χ2n) is 9.34. The van der Waals surface area contributed by atoms with Gasteiger partial charge in [0.15, 0.2) is 6.54 Å². The summed E-state index contributed by atoms with van der Waals surface area (Å²) in [7, 11) is 1.50. The highest BCUT2D eigenvalue weighted by atomic mass is 16.3. The molecule has 7 N–H and O–H groups in total. The van der Waals surface area contributed by atoms with E-state index in [4.69, 9.17) is 5.73 Å². The third kappa shape index (κ3) is 19.7. The van der Waals surface area contributed by atoms with Crippen molar-refractivity contribution in [3.63, 3.8) is 0 Å². The number of hydrazine groups is 1. The lowest BCUT2D eigenvalue weighted by molar-refractivity contribution is -0.124. The van der Waals surface area contributed by atoms with E-state index in [1.54, 1.807) is 0 Å². The van der Waals surface area contributed by atoms with Crippen LogP contribution in [0, 0.1) is 21.2 Å². The summed E-state index contributed by atoms with van der Waals surface area (Å²) in [5.74, 6) is -0.428. The predicted molar refractivity (Wildman–Crippen MR) is 126 cm³/mol. The smallest absolute Gasteiger partial charge is 0.259 e. The number of nitrogens with two attached hydrogens (primary N) is 2. The topological polar surface area (TPSA) is 152 Å². The van der Waals surface area contributed by atoms with Crippen molar-refractivity contribution in [2.24, 2.45) is 32.9 Å². The third-order valence-corrected chi connectivity index (χ3v) is 4.28. The Morgan fingerprint density at radius 1 is 0.900 bits per heavy atom. The van der Waals surface area contributed by atoms with Crippen LogP contribution in [0.15, 0.2) is 5.18 Å². The molecule has 30 heavy (non-hydrogen) atoms. The van der Waals surface area contributed by atoms with Crippen molar-refractivity contribution in [2.45, 2.75) is 74.7 Å². The number of nitrogens with zero attached hydrogens (tertiary/aromatic N) is 1. The molecule has 0 fully saturated rings. The minimum Gasteiger partial charge on any atom is -0.356 e. The number of nitroso groups, excluding NO2 is 1. The average molecular weight is 433 g/mol. The molecule has 0 aliphatic carbocycles. The van der Waals surface area contributed by atoms with Gasteiger partial charge in [0.05, 0.1) is 0 Å². The van der Waals surface area contributed by atoms with Gasteiger partial charge in [0.25, 0.3) is 5.91 Å². The number of carbonyl (C=O) groups is 2. The fourth-order valence-electron chi connectivity index (χ4n) is 3.01. The molecule has 0 saturated heterocycles. The Morgan fingerprint density at radius 3 is 1.90 bits per heavy atom. The fourth-order valence-corrected chi connectivity index (χ4v) is 3.01. The number of hydrogen-bond acceptors (Lipinski definition) is 7. The van der Waals surface area contributed by atoms with Crippen LogP contribution >= 0.6 is 0 Å². The molecular weight excluding hydrogens is 384 g/mol. The monoisotopic (exact) mass is 432 g/mol. The molecule has 0 radical (unpaired) electrons. The lowest BCUT2D eigenvalue weighted by Crippen LogP contribution is -2.42. The van der Waals surface area contributed by atoms with E-state index in [2.05, 4.69) is 54.8 Å². The van der Waals surface area contributed by atoms with E-state index in [9.17, 15) is 14.5 Å². The van der Waals surface area contributed by atoms with Crippen LogP contribution in [0.2, 0.25) is 0 Å². The van der Waals surface area contributed by atoms with Crippen molar-refractivity contribution < 1.29 is 9.59 Å². The molecule has 0 unspecified atom stereocenters. The van der Waals surface area contributed by atoms with Crippen molar-refractivity contribution in [3.8, 4) is 0 Å². The number of hydrogen-bond donors (Lipinski definition) is 5. The second-order valence-corrected chi connectivity index (χ2v) is 9.34. The Bertz CT molecular complexity index is 479. The van der Waals surface area contributed by atoms with Gasteiger partial charge in [-0.3, -0.25) is 15.0 Å². The molecule has 180 valence electrons. The summed E-state index contributed by atoms with van der Waals surface area (Å²) in [4.78, 5) is 33.4. The van der Waals surface area contributed by atoms with Gasteiger partial charge in [-0.05, 0) is 42.7 Å². The SMILES string of the molecule is CC.CC(C)(CCNNC(=O)CN=O)CNC(=O)CC(C)(C)CC(C)(C)CN.CN. The molecule has 2 amide bonds. The molecule has 0 aliphatic heterocycles. The van der Waals surface area contributed by atoms with Crippen LogP contribution in [0.1, 0.15) is 74.7 Å². The van der Waals surface area contributed by atoms with Gasteiger partial charge in [0, 0.05) is 19.5 Å². The Balaban J connectivity index is -0.00000171. The van der Waals surface area contributed by atoms with E-state index in [-0.39, 0.29) is 22.2 Å². The molecule has 0 aliphatic rings. The van der Waals surface area contributed by atoms with Gasteiger partial charge in [0.1, 0.15) is 0 Å². The van der Waals surface area contributed by atoms with E-state index in [1.165, 1.54) is 7.05 Å². The number of nitrogens with one attached hydrogen (secondary N) is 3. The molecule has 0 saturated carbocycles. The zero-order chi connectivity index (χ0) is 24.4. The van der Waals surface area contributed by atoms with Crippen LogP contribution in [0.4, 0.5) is 0 Å². The first-order valence-electron chi connectivity index (χ1n) is 10.7. The Kier molecular flexibility index (Phi) is 18.9. The van der Waals surface area contributed by atoms with Crippen molar-refractivity contribution >= 4 is 11.8 Å². The number of rotatable bonds is 13. The molecule has 0 bridgehead atoms. The van der Waals surface area contributed by atoms with Crippen molar-refractivity contribution in [1.82, 2.24) is 16.2 Å². The normalized spacial score (nSPS) is 11.3. The van der Waals surface area contributed by atoms with Crippen molar-refractivity contribution in [1.29, 1.82) is 0 Å². The van der Waals surface area contributed by atoms with Crippen LogP contribution < -0.4 is 27.6 Å². The molecule has 0 rings (SSSR count). The molecule has 0 spiro atoms. The highest BCUT2D eigenvalue weighted by Gasteiger charge is 2.30. The summed E-state index contributed by atoms with van der Waals surface area (Å²) >= 11 is 0. The van der Waals surface area contributed by atoms with E-state index in [1.807, 2.05) is 27.7 Å². The van der Waals surface area contributed by atoms with E-state index in [0.717, 1.165) is 12.8 Å². The predicted octanol–water partition coefficient (Wildman–Crippen LogP) is 2.30. The summed E-state index contributed by atoms with van der Waals surface area (Å²) in [5, 5.41) is 5.52. The maximum Gasteiger partial charge on any atom is 0.259 e. The molecule has 0 aromatic carbocycles. The van der Waals surface area contributed by atoms with E-state index in [0.29, 0.717) is 26.1 Å². The Hall–Kier alpha value is -1.58. The zero-order valence-electron chi connectivity index (χ0n) is 20.8. The van der Waals surface area contributed by atoms with Crippen molar-refractivity contribution in [3.05, 3.63) is 4.91 Å². The highest BCUT2D eigenvalue weighted by Crippen LogP contribution is 2.35. The summed E-state index contributed by atoms with van der Waals surface area (Å²) < 4.78 is 0. The lowest BCUT2D eigenvalue weighted by atomic mass is 9.73. The van der Waals surface area contributed by atoms with Crippen LogP contribution in [0.5, 0.6) is 0 Å². The van der Waals surface area contributed by atoms with Gasteiger partial charge in [0.2, 0.25) is 5.91 Å². The Labute approximate surface area is 183 Å². The molecule has 9 nitrogen and oxygen atoms in total. The maximum atomic E-state index is 12.3. The summed E-state index contributed by atoms with van der Waals surface area (Å²) in [5.41, 5.74) is 15.2. The molecule has 9 heteroatoms. The minimum atomic E-state index is -0.464. The highest BCUT2D eigenvalue weighted by molar-refractivity contribution is 5.77. The lowest BCUT2D eigenvalue weighted by Gasteiger charge is -2.34. The van der Waals surface area contributed by atoms with Gasteiger partial charge < -0.3 is 16.8 Å². The van der Waals surface area contributed by atoms with Gasteiger partial charge in [-0.2, -0.15) is 4.91 Å². The minimum absolute atomic E-state index is 0.0124. The van der Waals surface area contributed by atoms with Crippen LogP contribution in [0.3, 0.4) is 0 Å². The van der Waals surface area contributed by atoms with Gasteiger partial charge in [-0.1, -0.05) is 60.6 Å². The van der Waals surface area contributed by atoms with Crippen LogP contribution in [-0.4, -0.2) is 45.0 Å². The van der Waals surface area contributed by atoms with Gasteiger partial charge in [-0.15, -0.1) is 0 Å². The zero-order valence-corrected chi connectivity index (χ0v) is 20.8. The summed E-state index contributed by atoms with van der Waals surface area (Å²) in [6.45, 7) is 17.8. The summed E-state index contributed by atoms with van der Waals surface area (Å²) in [6, 6.07) is 0. The maximum absolute atomic E-state index is 12.3. The number of carbonyl (C=O) groups excluding carboxylic acids is 2. The Morgan fingerprint density at radius 2 is 1.43 bits per heavy atom. The first-order valence-corrected chi connectivity index (χ1v) is 10.7. The largest absolute Gasteiger partial charge is 0.356 e. The van der Waals surface area contributed by atoms with Crippen LogP contribution in [0.25, 0.3) is 0 Å². The molecule has 0 aromatic heterocycles. The molecule has 0 aromatic rings. The first kappa shape index (κ1) is 33.1. The number of amides is 2.